The van der Waals surface area contributed by atoms with E-state index in [0.717, 1.165) is 6.92 Å². The number of carbonyl (C=O) groups is 2. The van der Waals surface area contributed by atoms with Gasteiger partial charge in [-0.3, -0.25) is 9.59 Å². The Hall–Kier alpha value is -1.14. The zero-order valence-electron chi connectivity index (χ0n) is 5.76. The monoisotopic (exact) mass is 164 g/mol. The lowest BCUT2D eigenvalue weighted by atomic mass is 10.3. The van der Waals surface area contributed by atoms with Gasteiger partial charge in [0, 0.05) is 0 Å². The summed E-state index contributed by atoms with van der Waals surface area (Å²) < 4.78 is 7.81. The van der Waals surface area contributed by atoms with Crippen molar-refractivity contribution in [3.05, 3.63) is 0 Å². The number of hydrogen-bond acceptors (Lipinski definition) is 6. The van der Waals surface area contributed by atoms with Crippen molar-refractivity contribution in [1.29, 1.82) is 0 Å². The van der Waals surface area contributed by atoms with Crippen molar-refractivity contribution in [3.63, 3.8) is 0 Å². The van der Waals surface area contributed by atoms with Crippen LogP contribution in [0.2, 0.25) is 0 Å². The first-order valence-corrected chi connectivity index (χ1v) is 2.70. The average molecular weight is 164 g/mol. The van der Waals surface area contributed by atoms with Crippen LogP contribution >= 0.6 is 0 Å². The Balaban J connectivity index is 4.23. The standard InChI is InChI=1S/C5H8O6/c1-4(8)5(9,10-2-6)11-3-7/h2-4,8-9H,1H3. The first kappa shape index (κ1) is 9.86. The molecule has 1 unspecified atom stereocenters. The van der Waals surface area contributed by atoms with E-state index in [2.05, 4.69) is 9.47 Å². The fourth-order valence-electron chi connectivity index (χ4n) is 0.363. The average Bonchev–Trinajstić information content (AvgIpc) is 1.88. The number of aliphatic hydroxyl groups excluding tert-OH is 1. The molecule has 0 saturated heterocycles. The van der Waals surface area contributed by atoms with Gasteiger partial charge >= 0.3 is 5.97 Å². The zero-order chi connectivity index (χ0) is 8.91. The predicted molar refractivity (Wildman–Crippen MR) is 30.9 cm³/mol. The Morgan fingerprint density at radius 2 is 1.73 bits per heavy atom. The van der Waals surface area contributed by atoms with Gasteiger partial charge in [-0.05, 0) is 6.92 Å². The van der Waals surface area contributed by atoms with Gasteiger partial charge in [0.15, 0.2) is 6.10 Å². The van der Waals surface area contributed by atoms with Gasteiger partial charge in [0.25, 0.3) is 12.9 Å². The number of rotatable bonds is 5. The molecule has 2 N–H and O–H groups in total. The Morgan fingerprint density at radius 3 is 1.91 bits per heavy atom. The maximum atomic E-state index is 9.71. The molecule has 6 nitrogen and oxygen atoms in total. The van der Waals surface area contributed by atoms with Crippen molar-refractivity contribution < 1.29 is 29.3 Å². The highest BCUT2D eigenvalue weighted by Gasteiger charge is 2.37. The van der Waals surface area contributed by atoms with Crippen LogP contribution < -0.4 is 0 Å². The molecule has 0 bridgehead atoms. The summed E-state index contributed by atoms with van der Waals surface area (Å²) in [4.78, 5) is 19.4. The molecule has 0 aromatic rings. The largest absolute Gasteiger partial charge is 0.400 e. The maximum absolute atomic E-state index is 9.71. The molecule has 0 radical (unpaired) electrons. The van der Waals surface area contributed by atoms with E-state index >= 15 is 0 Å². The quantitative estimate of drug-likeness (QED) is 0.374. The normalized spacial score (nSPS) is 13.4. The van der Waals surface area contributed by atoms with E-state index in [-0.39, 0.29) is 12.9 Å². The second-order valence-corrected chi connectivity index (χ2v) is 1.73. The molecule has 0 fully saturated rings. The third kappa shape index (κ3) is 2.52. The van der Waals surface area contributed by atoms with Crippen molar-refractivity contribution in [1.82, 2.24) is 0 Å². The molecular formula is C5H8O6. The van der Waals surface area contributed by atoms with Crippen LogP contribution in [0.1, 0.15) is 6.92 Å². The smallest absolute Gasteiger partial charge is 0.398 e. The van der Waals surface area contributed by atoms with Gasteiger partial charge in [-0.25, -0.2) is 0 Å². The molecule has 11 heavy (non-hydrogen) atoms. The second-order valence-electron chi connectivity index (χ2n) is 1.73. The molecule has 0 aliphatic carbocycles. The van der Waals surface area contributed by atoms with Crippen LogP contribution in [0.5, 0.6) is 0 Å². The van der Waals surface area contributed by atoms with Gasteiger partial charge in [-0.1, -0.05) is 0 Å². The first-order valence-electron chi connectivity index (χ1n) is 2.70. The number of carbonyl (C=O) groups excluding carboxylic acids is 2. The summed E-state index contributed by atoms with van der Waals surface area (Å²) in [5.74, 6) is -2.58. The molecule has 6 heteroatoms. The Labute approximate surface area is 62.3 Å². The van der Waals surface area contributed by atoms with Crippen LogP contribution in [0.15, 0.2) is 0 Å². The molecule has 64 valence electrons. The molecule has 0 aromatic carbocycles. The molecule has 0 aliphatic rings. The second kappa shape index (κ2) is 3.89. The van der Waals surface area contributed by atoms with Crippen LogP contribution in [0.3, 0.4) is 0 Å². The third-order valence-corrected chi connectivity index (χ3v) is 0.962. The molecule has 0 rings (SSSR count). The van der Waals surface area contributed by atoms with Crippen LogP contribution in [0.25, 0.3) is 0 Å². The van der Waals surface area contributed by atoms with Gasteiger partial charge in [0.05, 0.1) is 0 Å². The number of hydrogen-bond donors (Lipinski definition) is 2. The fourth-order valence-corrected chi connectivity index (χ4v) is 0.363. The lowest BCUT2D eigenvalue weighted by Gasteiger charge is -2.24. The van der Waals surface area contributed by atoms with E-state index in [9.17, 15) is 9.59 Å². The van der Waals surface area contributed by atoms with Gasteiger partial charge in [0.2, 0.25) is 0 Å². The Morgan fingerprint density at radius 1 is 1.36 bits per heavy atom. The summed E-state index contributed by atoms with van der Waals surface area (Å²) in [5.41, 5.74) is 0. The van der Waals surface area contributed by atoms with Gasteiger partial charge in [0.1, 0.15) is 0 Å². The molecule has 1 atom stereocenters. The topological polar surface area (TPSA) is 93.1 Å². The molecular weight excluding hydrogens is 156 g/mol. The van der Waals surface area contributed by atoms with Gasteiger partial charge < -0.3 is 19.7 Å². The third-order valence-electron chi connectivity index (χ3n) is 0.962. The van der Waals surface area contributed by atoms with Crippen molar-refractivity contribution in [2.45, 2.75) is 19.0 Å². The predicted octanol–water partition coefficient (Wildman–Crippen LogP) is -1.64. The highest BCUT2D eigenvalue weighted by atomic mass is 16.8. The van der Waals surface area contributed by atoms with Gasteiger partial charge in [-0.2, -0.15) is 0 Å². The van der Waals surface area contributed by atoms with Crippen LogP contribution in [-0.2, 0) is 19.1 Å². The van der Waals surface area contributed by atoms with Crippen molar-refractivity contribution >= 4 is 12.9 Å². The minimum atomic E-state index is -2.58. The highest BCUT2D eigenvalue weighted by molar-refractivity contribution is 5.41. The maximum Gasteiger partial charge on any atom is 0.400 e. The summed E-state index contributed by atoms with van der Waals surface area (Å²) in [6.45, 7) is 0.805. The molecule has 0 aromatic heterocycles. The Kier molecular flexibility index (Phi) is 3.49. The van der Waals surface area contributed by atoms with Gasteiger partial charge in [-0.15, -0.1) is 0 Å². The summed E-state index contributed by atoms with van der Waals surface area (Å²) in [7, 11) is 0. The number of ether oxygens (including phenoxy) is 2. The molecule has 0 amide bonds. The summed E-state index contributed by atoms with van der Waals surface area (Å²) in [5, 5.41) is 17.6. The number of aliphatic hydroxyl groups is 2. The molecule has 0 aliphatic heterocycles. The first-order chi connectivity index (χ1) is 5.06. The SMILES string of the molecule is CC(O)C(O)(OC=O)OC=O. The molecule has 0 saturated carbocycles. The van der Waals surface area contributed by atoms with Crippen LogP contribution in [0.4, 0.5) is 0 Å². The van der Waals surface area contributed by atoms with Crippen LogP contribution in [0, 0.1) is 0 Å². The van der Waals surface area contributed by atoms with Crippen molar-refractivity contribution in [2.24, 2.45) is 0 Å². The Bertz CT molecular complexity index is 132. The fraction of sp³-hybridized carbons (Fsp3) is 0.600. The highest BCUT2D eigenvalue weighted by Crippen LogP contribution is 2.11. The van der Waals surface area contributed by atoms with E-state index in [1.165, 1.54) is 0 Å². The minimum Gasteiger partial charge on any atom is -0.398 e. The summed E-state index contributed by atoms with van der Waals surface area (Å²) in [6.07, 6.45) is -1.52. The molecule has 0 heterocycles. The summed E-state index contributed by atoms with van der Waals surface area (Å²) >= 11 is 0. The van der Waals surface area contributed by atoms with Crippen molar-refractivity contribution in [2.75, 3.05) is 0 Å². The zero-order valence-corrected chi connectivity index (χ0v) is 5.76. The molecule has 0 spiro atoms. The summed E-state index contributed by atoms with van der Waals surface area (Å²) in [6, 6.07) is 0. The van der Waals surface area contributed by atoms with Crippen molar-refractivity contribution in [3.8, 4) is 0 Å². The minimum absolute atomic E-state index is 0.143. The van der Waals surface area contributed by atoms with E-state index in [4.69, 9.17) is 10.2 Å². The lowest BCUT2D eigenvalue weighted by molar-refractivity contribution is -0.348. The van der Waals surface area contributed by atoms with E-state index in [1.807, 2.05) is 0 Å². The van der Waals surface area contributed by atoms with E-state index < -0.39 is 12.1 Å². The van der Waals surface area contributed by atoms with Crippen LogP contribution in [-0.4, -0.2) is 35.2 Å². The lowest BCUT2D eigenvalue weighted by Crippen LogP contribution is -2.45. The van der Waals surface area contributed by atoms with E-state index in [1.54, 1.807) is 0 Å². The van der Waals surface area contributed by atoms with E-state index in [0.29, 0.717) is 0 Å².